The lowest BCUT2D eigenvalue weighted by atomic mass is 10.1. The van der Waals surface area contributed by atoms with E-state index in [1.54, 1.807) is 6.92 Å². The largest absolute Gasteiger partial charge is 0.322 e. The van der Waals surface area contributed by atoms with Gasteiger partial charge in [0.15, 0.2) is 28.2 Å². The van der Waals surface area contributed by atoms with Gasteiger partial charge in [-0.15, -0.1) is 0 Å². The Morgan fingerprint density at radius 2 is 1.36 bits per heavy atom. The van der Waals surface area contributed by atoms with Gasteiger partial charge in [0.1, 0.15) is 0 Å². The minimum Gasteiger partial charge on any atom is -0.322 e. The number of hydrogen-bond donors (Lipinski definition) is 2. The van der Waals surface area contributed by atoms with E-state index in [-0.39, 0.29) is 16.8 Å². The van der Waals surface area contributed by atoms with Crippen molar-refractivity contribution in [3.05, 3.63) is 68.8 Å². The Labute approximate surface area is 154 Å². The molecule has 0 bridgehead atoms. The maximum Gasteiger partial charge on any atom is 0.268 e. The van der Waals surface area contributed by atoms with Crippen molar-refractivity contribution in [2.75, 3.05) is 4.72 Å². The van der Waals surface area contributed by atoms with Crippen molar-refractivity contribution in [1.29, 1.82) is 0 Å². The lowest BCUT2D eigenvalue weighted by molar-refractivity contribution is 0.358. The summed E-state index contributed by atoms with van der Waals surface area (Å²) in [5.74, 6) is -12.1. The predicted octanol–water partition coefficient (Wildman–Crippen LogP) is 3.64. The molecule has 2 aromatic carbocycles. The number of aromatic nitrogens is 1. The number of fused-ring (bicyclic) bond motifs is 1. The number of rotatable bonds is 3. The van der Waals surface area contributed by atoms with Crippen LogP contribution in [0, 0.1) is 42.9 Å². The molecule has 3 aromatic rings. The normalized spacial score (nSPS) is 11.8. The van der Waals surface area contributed by atoms with E-state index in [4.69, 9.17) is 0 Å². The average molecular weight is 418 g/mol. The first-order valence-electron chi connectivity index (χ1n) is 7.62. The molecule has 0 atom stereocenters. The minimum absolute atomic E-state index is 0.161. The molecule has 5 nitrogen and oxygen atoms in total. The number of sulfonamides is 1. The molecule has 0 saturated carbocycles. The molecule has 1 heterocycles. The number of aryl methyl sites for hydroxylation is 2. The summed E-state index contributed by atoms with van der Waals surface area (Å²) in [6, 6.07) is 3.93. The van der Waals surface area contributed by atoms with Crippen LogP contribution in [0.3, 0.4) is 0 Å². The highest BCUT2D eigenvalue weighted by atomic mass is 32.2. The smallest absolute Gasteiger partial charge is 0.268 e. The monoisotopic (exact) mass is 418 g/mol. The third-order valence-electron chi connectivity index (χ3n) is 4.08. The summed E-state index contributed by atoms with van der Waals surface area (Å²) in [4.78, 5) is 12.1. The third-order valence-corrected chi connectivity index (χ3v) is 5.46. The van der Waals surface area contributed by atoms with Crippen molar-refractivity contribution in [2.45, 2.75) is 18.7 Å². The molecular weight excluding hydrogens is 407 g/mol. The summed E-state index contributed by atoms with van der Waals surface area (Å²) in [5.41, 5.74) is 0.545. The molecule has 11 heteroatoms. The van der Waals surface area contributed by atoms with Gasteiger partial charge >= 0.3 is 0 Å². The first-order valence-corrected chi connectivity index (χ1v) is 9.11. The summed E-state index contributed by atoms with van der Waals surface area (Å²) in [6.07, 6.45) is 0. The highest BCUT2D eigenvalue weighted by Gasteiger charge is 2.33. The number of pyridine rings is 1. The number of nitrogens with one attached hydrogen (secondary N) is 2. The Hall–Kier alpha value is -2.95. The topological polar surface area (TPSA) is 79.0 Å². The molecule has 0 unspecified atom stereocenters. The molecule has 0 aliphatic heterocycles. The van der Waals surface area contributed by atoms with Crippen molar-refractivity contribution in [2.24, 2.45) is 0 Å². The second-order valence-corrected chi connectivity index (χ2v) is 7.65. The number of benzene rings is 2. The summed E-state index contributed by atoms with van der Waals surface area (Å²) < 4.78 is 94.2. The maximum absolute atomic E-state index is 13.9. The van der Waals surface area contributed by atoms with Crippen molar-refractivity contribution in [1.82, 2.24) is 4.98 Å². The predicted molar refractivity (Wildman–Crippen MR) is 91.1 cm³/mol. The number of H-pyrrole nitrogens is 1. The second-order valence-electron chi connectivity index (χ2n) is 6.03. The molecule has 0 amide bonds. The number of hydrogen-bond acceptors (Lipinski definition) is 3. The summed E-state index contributed by atoms with van der Waals surface area (Å²) >= 11 is 0. The molecule has 0 saturated heterocycles. The van der Waals surface area contributed by atoms with E-state index < -0.39 is 44.0 Å². The minimum atomic E-state index is -5.17. The Balaban J connectivity index is 2.19. The molecule has 0 aliphatic rings. The van der Waals surface area contributed by atoms with Crippen molar-refractivity contribution < 1.29 is 30.4 Å². The second kappa shape index (κ2) is 6.59. The van der Waals surface area contributed by atoms with Gasteiger partial charge in [-0.05, 0) is 37.1 Å². The first-order chi connectivity index (χ1) is 12.9. The van der Waals surface area contributed by atoms with E-state index in [2.05, 4.69) is 4.98 Å². The maximum atomic E-state index is 13.9. The fourth-order valence-electron chi connectivity index (χ4n) is 2.71. The third kappa shape index (κ3) is 3.11. The van der Waals surface area contributed by atoms with E-state index in [9.17, 15) is 35.2 Å². The zero-order valence-corrected chi connectivity index (χ0v) is 15.1. The van der Waals surface area contributed by atoms with Gasteiger partial charge in [0, 0.05) is 17.0 Å². The van der Waals surface area contributed by atoms with Gasteiger partial charge in [0.2, 0.25) is 11.4 Å². The summed E-state index contributed by atoms with van der Waals surface area (Å²) in [5, 5.41) is 0.417. The average Bonchev–Trinajstić information content (AvgIpc) is 2.59. The highest BCUT2D eigenvalue weighted by molar-refractivity contribution is 7.92. The summed E-state index contributed by atoms with van der Waals surface area (Å²) in [6.45, 7) is 3.01. The van der Waals surface area contributed by atoms with E-state index >= 15 is 0 Å². The number of halogens is 5. The van der Waals surface area contributed by atoms with Crippen molar-refractivity contribution >= 4 is 26.6 Å². The van der Waals surface area contributed by atoms with Crippen molar-refractivity contribution in [3.63, 3.8) is 0 Å². The molecule has 0 radical (unpaired) electrons. The lowest BCUT2D eigenvalue weighted by Gasteiger charge is -2.14. The van der Waals surface area contributed by atoms with Gasteiger partial charge in [-0.2, -0.15) is 0 Å². The van der Waals surface area contributed by atoms with Crippen LogP contribution in [0.1, 0.15) is 11.1 Å². The fourth-order valence-corrected chi connectivity index (χ4v) is 3.97. The van der Waals surface area contributed by atoms with Crippen LogP contribution in [-0.2, 0) is 10.0 Å². The van der Waals surface area contributed by atoms with E-state index in [0.717, 1.165) is 0 Å². The molecule has 1 aromatic heterocycles. The molecule has 0 spiro atoms. The van der Waals surface area contributed by atoms with Crippen LogP contribution in [0.15, 0.2) is 27.9 Å². The first kappa shape index (κ1) is 19.8. The van der Waals surface area contributed by atoms with Gasteiger partial charge < -0.3 is 4.98 Å². The van der Waals surface area contributed by atoms with Crippen LogP contribution in [0.4, 0.5) is 27.6 Å². The molecular formula is C17H11F5N2O3S. The van der Waals surface area contributed by atoms with Gasteiger partial charge in [-0.1, -0.05) is 0 Å². The lowest BCUT2D eigenvalue weighted by Crippen LogP contribution is -2.20. The van der Waals surface area contributed by atoms with Gasteiger partial charge in [-0.25, -0.2) is 30.4 Å². The zero-order valence-electron chi connectivity index (χ0n) is 14.3. The quantitative estimate of drug-likeness (QED) is 0.387. The Kier molecular flexibility index (Phi) is 4.66. The summed E-state index contributed by atoms with van der Waals surface area (Å²) in [7, 11) is -5.17. The van der Waals surface area contributed by atoms with E-state index in [0.29, 0.717) is 16.5 Å². The molecule has 0 aliphatic carbocycles. The number of aromatic amines is 1. The van der Waals surface area contributed by atoms with Crippen LogP contribution < -0.4 is 10.3 Å². The van der Waals surface area contributed by atoms with Crippen LogP contribution in [0.5, 0.6) is 0 Å². The molecule has 148 valence electrons. The van der Waals surface area contributed by atoms with Gasteiger partial charge in [0.05, 0.1) is 5.69 Å². The molecule has 2 N–H and O–H groups in total. The van der Waals surface area contributed by atoms with E-state index in [1.165, 1.54) is 25.1 Å². The van der Waals surface area contributed by atoms with Crippen LogP contribution in [-0.4, -0.2) is 13.4 Å². The molecule has 3 rings (SSSR count). The SMILES string of the molecule is Cc1cc2[nH]c(=O)cc(C)c2cc1NS(=O)(=O)c1c(F)c(F)c(F)c(F)c1F. The van der Waals surface area contributed by atoms with Crippen molar-refractivity contribution in [3.8, 4) is 0 Å². The van der Waals surface area contributed by atoms with Gasteiger partial charge in [0.25, 0.3) is 10.0 Å². The van der Waals surface area contributed by atoms with Crippen LogP contribution >= 0.6 is 0 Å². The molecule has 28 heavy (non-hydrogen) atoms. The Bertz CT molecular complexity index is 1270. The standard InChI is InChI=1S/C17H11F5N2O3S/c1-6-4-11(25)23-10-3-7(2)9(5-8(6)10)24-28(26,27)17-15(21)13(19)12(18)14(20)16(17)22/h3-5,24H,1-2H3,(H,23,25). The Morgan fingerprint density at radius 3 is 1.93 bits per heavy atom. The van der Waals surface area contributed by atoms with Gasteiger partial charge in [-0.3, -0.25) is 9.52 Å². The number of anilines is 1. The highest BCUT2D eigenvalue weighted by Crippen LogP contribution is 2.30. The Morgan fingerprint density at radius 1 is 0.821 bits per heavy atom. The van der Waals surface area contributed by atoms with E-state index in [1.807, 2.05) is 4.72 Å². The van der Waals surface area contributed by atoms with Crippen LogP contribution in [0.2, 0.25) is 0 Å². The molecule has 0 fully saturated rings. The van der Waals surface area contributed by atoms with Crippen LogP contribution in [0.25, 0.3) is 10.9 Å². The zero-order chi connectivity index (χ0) is 21.0. The fraction of sp³-hybridized carbons (Fsp3) is 0.118.